The maximum Gasteiger partial charge on any atom is 1.00 e. The molecule has 4 aromatic heterocycles. The molecule has 0 spiro atoms. The number of nitrogens with zero attached hydrogens (tertiary/aromatic N) is 5. The second kappa shape index (κ2) is 11.5. The smallest absolute Gasteiger partial charge is 0.870 e. The van der Waals surface area contributed by atoms with Crippen molar-refractivity contribution in [3.63, 3.8) is 0 Å². The van der Waals surface area contributed by atoms with E-state index in [1.54, 1.807) is 29.7 Å². The number of fused-ring (bicyclic) bond motifs is 2. The number of imidazole rings is 2. The standard InChI is InChI=1S/C11H9N3O2.C9H7N3O3.Li.H2O/c1-3-16-11(15)9-6-13-10-5-4-8(12-2)7-14(9)10;10-8(13)5-1-2-7-11-3-6(9(14)15)12(7)4-5;;/h4-7H,3H2,1H3;1-4H,(H2,10,13)(H,14,15);;1H2/q;;+1;/p-1. The fourth-order valence-electron chi connectivity index (χ4n) is 2.68. The summed E-state index contributed by atoms with van der Waals surface area (Å²) >= 11 is 0. The fourth-order valence-corrected chi connectivity index (χ4v) is 2.68. The molecule has 1 amide bonds. The molecule has 4 rings (SSSR count). The maximum atomic E-state index is 11.6. The van der Waals surface area contributed by atoms with Gasteiger partial charge in [-0.25, -0.2) is 24.4 Å². The Bertz CT molecular complexity index is 1360. The number of carboxylic acids is 1. The first kappa shape index (κ1) is 26.9. The number of pyridine rings is 2. The van der Waals surface area contributed by atoms with Crippen LogP contribution < -0.4 is 24.6 Å². The van der Waals surface area contributed by atoms with Crippen molar-refractivity contribution in [2.75, 3.05) is 6.61 Å². The summed E-state index contributed by atoms with van der Waals surface area (Å²) < 4.78 is 7.76. The van der Waals surface area contributed by atoms with Gasteiger partial charge in [0.05, 0.1) is 31.1 Å². The van der Waals surface area contributed by atoms with Crippen LogP contribution in [0.1, 0.15) is 38.3 Å². The van der Waals surface area contributed by atoms with Gasteiger partial charge in [0.25, 0.3) is 0 Å². The van der Waals surface area contributed by atoms with E-state index in [9.17, 15) is 14.4 Å². The van der Waals surface area contributed by atoms with Crippen LogP contribution in [0, 0.1) is 6.57 Å². The van der Waals surface area contributed by atoms with Crippen molar-refractivity contribution < 1.29 is 48.6 Å². The molecule has 0 aliphatic carbocycles. The van der Waals surface area contributed by atoms with E-state index >= 15 is 0 Å². The number of amides is 1. The summed E-state index contributed by atoms with van der Waals surface area (Å²) in [5.74, 6) is -2.15. The minimum atomic E-state index is -1.11. The summed E-state index contributed by atoms with van der Waals surface area (Å²) in [5.41, 5.74) is 7.18. The summed E-state index contributed by atoms with van der Waals surface area (Å²) in [6, 6.07) is 6.38. The first-order chi connectivity index (χ1) is 14.8. The topological polar surface area (TPSA) is 176 Å². The largest absolute Gasteiger partial charge is 1.00 e. The fraction of sp³-hybridized carbons (Fsp3) is 0.100. The van der Waals surface area contributed by atoms with Crippen LogP contribution in [-0.4, -0.2) is 53.8 Å². The van der Waals surface area contributed by atoms with Crippen LogP contribution in [0.3, 0.4) is 0 Å². The normalized spacial score (nSPS) is 9.58. The summed E-state index contributed by atoms with van der Waals surface area (Å²) in [5, 5.41) is 8.82. The van der Waals surface area contributed by atoms with E-state index in [1.807, 2.05) is 0 Å². The number of carbonyl (C=O) groups is 3. The van der Waals surface area contributed by atoms with Crippen molar-refractivity contribution in [3.05, 3.63) is 77.4 Å². The molecule has 0 aromatic carbocycles. The van der Waals surface area contributed by atoms with E-state index in [4.69, 9.17) is 22.1 Å². The van der Waals surface area contributed by atoms with Crippen molar-refractivity contribution in [2.24, 2.45) is 5.73 Å². The molecule has 13 heteroatoms. The number of aromatic nitrogens is 4. The van der Waals surface area contributed by atoms with Gasteiger partial charge in [0.15, 0.2) is 11.4 Å². The third kappa shape index (κ3) is 5.75. The Morgan fingerprint density at radius 3 is 2.18 bits per heavy atom. The number of hydrogen-bond acceptors (Lipinski definition) is 7. The predicted molar refractivity (Wildman–Crippen MR) is 110 cm³/mol. The summed E-state index contributed by atoms with van der Waals surface area (Å²) in [6.07, 6.45) is 5.60. The molecular weight excluding hydrogens is 427 g/mol. The van der Waals surface area contributed by atoms with Gasteiger partial charge in [-0.15, -0.1) is 0 Å². The Balaban J connectivity index is 0.000000312. The molecule has 4 aromatic rings. The van der Waals surface area contributed by atoms with E-state index in [2.05, 4.69) is 14.8 Å². The second-order valence-electron chi connectivity index (χ2n) is 6.05. The monoisotopic (exact) mass is 444 g/mol. The van der Waals surface area contributed by atoms with E-state index in [0.717, 1.165) is 0 Å². The van der Waals surface area contributed by atoms with Crippen molar-refractivity contribution in [2.45, 2.75) is 6.92 Å². The van der Waals surface area contributed by atoms with Crippen molar-refractivity contribution in [1.29, 1.82) is 0 Å². The van der Waals surface area contributed by atoms with Gasteiger partial charge in [-0.3, -0.25) is 9.20 Å². The number of hydrogen-bond donors (Lipinski definition) is 2. The molecule has 33 heavy (non-hydrogen) atoms. The number of nitrogens with two attached hydrogens (primary N) is 1. The molecule has 0 aliphatic heterocycles. The van der Waals surface area contributed by atoms with Crippen LogP contribution in [0.15, 0.2) is 49.1 Å². The van der Waals surface area contributed by atoms with Crippen LogP contribution in [-0.2, 0) is 4.74 Å². The predicted octanol–water partition coefficient (Wildman–Crippen LogP) is -0.980. The first-order valence-corrected chi connectivity index (χ1v) is 8.87. The minimum Gasteiger partial charge on any atom is -0.870 e. The Kier molecular flexibility index (Phi) is 9.33. The maximum absolute atomic E-state index is 11.6. The van der Waals surface area contributed by atoms with Gasteiger partial charge >= 0.3 is 30.8 Å². The van der Waals surface area contributed by atoms with Gasteiger partial charge in [0, 0.05) is 12.4 Å². The number of rotatable bonds is 4. The molecule has 12 nitrogen and oxygen atoms in total. The van der Waals surface area contributed by atoms with Gasteiger partial charge in [0.2, 0.25) is 11.6 Å². The molecule has 0 bridgehead atoms. The Morgan fingerprint density at radius 2 is 1.64 bits per heavy atom. The molecule has 0 atom stereocenters. The average molecular weight is 444 g/mol. The SMILES string of the molecule is NC(=O)c1ccc2ncc(C(=O)O)n2c1.[C-]#[N+]c1ccc2ncc(C(=O)OCC)n2c1.[Li+].[OH-]. The molecule has 0 radical (unpaired) electrons. The van der Waals surface area contributed by atoms with Crippen LogP contribution >= 0.6 is 0 Å². The van der Waals surface area contributed by atoms with Crippen LogP contribution in [0.4, 0.5) is 5.69 Å². The molecule has 4 N–H and O–H groups in total. The van der Waals surface area contributed by atoms with Crippen molar-refractivity contribution in [1.82, 2.24) is 18.8 Å². The first-order valence-electron chi connectivity index (χ1n) is 8.87. The zero-order valence-corrected chi connectivity index (χ0v) is 17.7. The molecule has 164 valence electrons. The van der Waals surface area contributed by atoms with Gasteiger partial charge < -0.3 is 25.5 Å². The third-order valence-corrected chi connectivity index (χ3v) is 4.11. The molecule has 0 unspecified atom stereocenters. The summed E-state index contributed by atoms with van der Waals surface area (Å²) in [4.78, 5) is 44.5. The number of primary amides is 1. The van der Waals surface area contributed by atoms with Crippen LogP contribution in [0.2, 0.25) is 0 Å². The van der Waals surface area contributed by atoms with Gasteiger partial charge in [0.1, 0.15) is 11.3 Å². The van der Waals surface area contributed by atoms with E-state index in [1.165, 1.54) is 35.1 Å². The summed E-state index contributed by atoms with van der Waals surface area (Å²) in [7, 11) is 0. The van der Waals surface area contributed by atoms with Crippen molar-refractivity contribution in [3.8, 4) is 0 Å². The number of ether oxygens (including phenoxy) is 1. The van der Waals surface area contributed by atoms with Crippen LogP contribution in [0.5, 0.6) is 0 Å². The van der Waals surface area contributed by atoms with E-state index < -0.39 is 17.8 Å². The van der Waals surface area contributed by atoms with E-state index in [-0.39, 0.29) is 35.6 Å². The van der Waals surface area contributed by atoms with Gasteiger partial charge in [-0.1, -0.05) is 6.07 Å². The number of carboxylic acid groups (broad SMARTS) is 1. The van der Waals surface area contributed by atoms with Gasteiger partial charge in [-0.2, -0.15) is 0 Å². The zero-order chi connectivity index (χ0) is 22.5. The average Bonchev–Trinajstić information content (AvgIpc) is 3.37. The molecule has 0 aliphatic rings. The second-order valence-corrected chi connectivity index (χ2v) is 6.05. The molecule has 0 saturated carbocycles. The third-order valence-electron chi connectivity index (χ3n) is 4.11. The van der Waals surface area contributed by atoms with Crippen LogP contribution in [0.25, 0.3) is 16.1 Å². The van der Waals surface area contributed by atoms with Crippen molar-refractivity contribution >= 4 is 34.8 Å². The number of aromatic carboxylic acids is 1. The zero-order valence-electron chi connectivity index (χ0n) is 17.7. The molecule has 4 heterocycles. The quantitative estimate of drug-likeness (QED) is 0.229. The Hall–Kier alpha value is -4.16. The minimum absolute atomic E-state index is 0. The Morgan fingerprint density at radius 1 is 1.06 bits per heavy atom. The summed E-state index contributed by atoms with van der Waals surface area (Å²) in [6.45, 7) is 8.96. The number of esters is 1. The molecular formula is C20H17LiN6O6. The van der Waals surface area contributed by atoms with Gasteiger partial charge in [-0.05, 0) is 25.1 Å². The van der Waals surface area contributed by atoms with E-state index in [0.29, 0.717) is 29.3 Å². The number of carbonyl (C=O) groups excluding carboxylic acids is 2. The molecule has 0 fully saturated rings. The molecule has 0 saturated heterocycles. The Labute approximate surface area is 198 Å².